The van der Waals surface area contributed by atoms with E-state index in [1.807, 2.05) is 17.4 Å². The highest BCUT2D eigenvalue weighted by Gasteiger charge is 1.95. The van der Waals surface area contributed by atoms with Crippen LogP contribution in [-0.4, -0.2) is 11.1 Å². The van der Waals surface area contributed by atoms with Gasteiger partial charge in [0.1, 0.15) is 0 Å². The Morgan fingerprint density at radius 1 is 1.73 bits per heavy atom. The van der Waals surface area contributed by atoms with Crippen molar-refractivity contribution in [2.75, 3.05) is 0 Å². The van der Waals surface area contributed by atoms with E-state index in [9.17, 15) is 4.79 Å². The van der Waals surface area contributed by atoms with E-state index in [1.165, 1.54) is 11.3 Å². The summed E-state index contributed by atoms with van der Waals surface area (Å²) in [6, 6.07) is 1.83. The second kappa shape index (κ2) is 3.56. The normalized spacial score (nSPS) is 8.45. The van der Waals surface area contributed by atoms with E-state index in [-0.39, 0.29) is 0 Å². The number of aliphatic carboxylic acids is 1. The van der Waals surface area contributed by atoms with Gasteiger partial charge in [-0.15, -0.1) is 11.3 Å². The van der Waals surface area contributed by atoms with Crippen molar-refractivity contribution in [3.8, 4) is 11.8 Å². The average Bonchev–Trinajstić information content (AvgIpc) is 2.31. The second-order valence-electron chi connectivity index (χ2n) is 1.65. The maximum Gasteiger partial charge on any atom is 0.382 e. The highest BCUT2D eigenvalue weighted by atomic mass is 79.9. The molecule has 0 amide bonds. The van der Waals surface area contributed by atoms with Gasteiger partial charge in [0.25, 0.3) is 0 Å². The van der Waals surface area contributed by atoms with E-state index in [1.54, 1.807) is 0 Å². The van der Waals surface area contributed by atoms with Crippen molar-refractivity contribution >= 4 is 33.2 Å². The van der Waals surface area contributed by atoms with E-state index in [0.717, 1.165) is 9.35 Å². The third kappa shape index (κ3) is 2.37. The van der Waals surface area contributed by atoms with Gasteiger partial charge >= 0.3 is 5.97 Å². The van der Waals surface area contributed by atoms with Crippen LogP contribution in [0.1, 0.15) is 4.88 Å². The number of carboxylic acids is 1. The fraction of sp³-hybridized carbons (Fsp3) is 0. The first kappa shape index (κ1) is 8.31. The Morgan fingerprint density at radius 2 is 2.45 bits per heavy atom. The Kier molecular flexibility index (Phi) is 2.69. The van der Waals surface area contributed by atoms with Gasteiger partial charge in [0, 0.05) is 10.4 Å². The molecule has 0 aliphatic heterocycles. The standard InChI is InChI=1S/C7H3BrO2S/c8-5-3-4-11-6(5)1-2-7(9)10/h3-4H,(H,9,10). The monoisotopic (exact) mass is 230 g/mol. The maximum atomic E-state index is 10.0. The first-order chi connectivity index (χ1) is 5.20. The number of halogens is 1. The summed E-state index contributed by atoms with van der Waals surface area (Å²) in [5, 5.41) is 10.1. The van der Waals surface area contributed by atoms with Crippen LogP contribution in [-0.2, 0) is 4.79 Å². The van der Waals surface area contributed by atoms with Crippen molar-refractivity contribution < 1.29 is 9.90 Å². The molecule has 0 saturated carbocycles. The molecule has 2 nitrogen and oxygen atoms in total. The van der Waals surface area contributed by atoms with Gasteiger partial charge in [-0.1, -0.05) is 0 Å². The number of carbonyl (C=O) groups is 1. The van der Waals surface area contributed by atoms with Crippen LogP contribution in [0.5, 0.6) is 0 Å². The summed E-state index contributed by atoms with van der Waals surface area (Å²) in [4.78, 5) is 10.8. The minimum atomic E-state index is -1.11. The highest BCUT2D eigenvalue weighted by Crippen LogP contribution is 2.20. The van der Waals surface area contributed by atoms with Crippen LogP contribution < -0.4 is 0 Å². The second-order valence-corrected chi connectivity index (χ2v) is 3.42. The fourth-order valence-corrected chi connectivity index (χ4v) is 1.81. The minimum absolute atomic E-state index is 0.743. The summed E-state index contributed by atoms with van der Waals surface area (Å²) in [5.41, 5.74) is 0. The molecule has 0 radical (unpaired) electrons. The summed E-state index contributed by atoms with van der Waals surface area (Å²) in [7, 11) is 0. The first-order valence-electron chi connectivity index (χ1n) is 2.68. The largest absolute Gasteiger partial charge is 0.472 e. The lowest BCUT2D eigenvalue weighted by Gasteiger charge is -1.79. The van der Waals surface area contributed by atoms with Crippen LogP contribution >= 0.6 is 27.3 Å². The van der Waals surface area contributed by atoms with Crippen molar-refractivity contribution in [3.05, 3.63) is 20.8 Å². The molecule has 1 heterocycles. The van der Waals surface area contributed by atoms with E-state index in [2.05, 4.69) is 21.9 Å². The Bertz CT molecular complexity index is 332. The molecule has 0 aliphatic carbocycles. The van der Waals surface area contributed by atoms with Gasteiger partial charge in [0.15, 0.2) is 0 Å². The quantitative estimate of drug-likeness (QED) is 0.693. The van der Waals surface area contributed by atoms with Gasteiger partial charge in [-0.3, -0.25) is 0 Å². The molecule has 0 atom stereocenters. The van der Waals surface area contributed by atoms with Crippen molar-refractivity contribution in [2.45, 2.75) is 0 Å². The molecular formula is C7H3BrO2S. The predicted octanol–water partition coefficient (Wildman–Crippen LogP) is 1.95. The summed E-state index contributed by atoms with van der Waals surface area (Å²) in [6.45, 7) is 0. The molecule has 0 aromatic carbocycles. The zero-order valence-corrected chi connectivity index (χ0v) is 7.70. The van der Waals surface area contributed by atoms with Crippen LogP contribution in [0.15, 0.2) is 15.9 Å². The Balaban J connectivity index is 2.90. The average molecular weight is 231 g/mol. The molecule has 1 N–H and O–H groups in total. The topological polar surface area (TPSA) is 37.3 Å². The molecule has 0 saturated heterocycles. The van der Waals surface area contributed by atoms with Gasteiger partial charge in [0.2, 0.25) is 0 Å². The smallest absolute Gasteiger partial charge is 0.382 e. The van der Waals surface area contributed by atoms with Crippen molar-refractivity contribution in [2.24, 2.45) is 0 Å². The highest BCUT2D eigenvalue weighted by molar-refractivity contribution is 9.10. The number of hydrogen-bond donors (Lipinski definition) is 1. The molecule has 1 aromatic rings. The SMILES string of the molecule is O=C(O)C#Cc1sccc1Br. The molecule has 0 bridgehead atoms. The fourth-order valence-electron chi connectivity index (χ4n) is 0.493. The summed E-state index contributed by atoms with van der Waals surface area (Å²) in [6.07, 6.45) is 0. The Morgan fingerprint density at radius 3 is 2.91 bits per heavy atom. The van der Waals surface area contributed by atoms with E-state index >= 15 is 0 Å². The first-order valence-corrected chi connectivity index (χ1v) is 4.35. The van der Waals surface area contributed by atoms with E-state index in [0.29, 0.717) is 0 Å². The third-order valence-electron chi connectivity index (χ3n) is 0.900. The zero-order chi connectivity index (χ0) is 8.27. The molecule has 0 unspecified atom stereocenters. The summed E-state index contributed by atoms with van der Waals surface area (Å²) >= 11 is 4.64. The van der Waals surface area contributed by atoms with Gasteiger partial charge < -0.3 is 5.11 Å². The Labute approximate surface area is 76.0 Å². The molecule has 1 aromatic heterocycles. The van der Waals surface area contributed by atoms with Crippen molar-refractivity contribution in [1.82, 2.24) is 0 Å². The van der Waals surface area contributed by atoms with Crippen molar-refractivity contribution in [3.63, 3.8) is 0 Å². The molecule has 4 heteroatoms. The Hall–Kier alpha value is -0.790. The van der Waals surface area contributed by atoms with Crippen molar-refractivity contribution in [1.29, 1.82) is 0 Å². The summed E-state index contributed by atoms with van der Waals surface area (Å²) in [5.74, 6) is 3.44. The molecule has 0 fully saturated rings. The van der Waals surface area contributed by atoms with Crippen LogP contribution in [0.2, 0.25) is 0 Å². The molecule has 1 rings (SSSR count). The summed E-state index contributed by atoms with van der Waals surface area (Å²) < 4.78 is 0.844. The van der Waals surface area contributed by atoms with Crippen LogP contribution in [0.4, 0.5) is 0 Å². The lowest BCUT2D eigenvalue weighted by atomic mass is 10.4. The van der Waals surface area contributed by atoms with Gasteiger partial charge in [-0.2, -0.15) is 0 Å². The van der Waals surface area contributed by atoms with Gasteiger partial charge in [0.05, 0.1) is 4.88 Å². The van der Waals surface area contributed by atoms with Gasteiger partial charge in [-0.05, 0) is 33.3 Å². The molecular weight excluding hydrogens is 228 g/mol. The van der Waals surface area contributed by atoms with Crippen LogP contribution in [0.25, 0.3) is 0 Å². The number of carboxylic acid groups (broad SMARTS) is 1. The lowest BCUT2D eigenvalue weighted by molar-refractivity contribution is -0.130. The molecule has 0 spiro atoms. The number of thiophene rings is 1. The van der Waals surface area contributed by atoms with E-state index < -0.39 is 5.97 Å². The molecule has 56 valence electrons. The molecule has 0 aliphatic rings. The minimum Gasteiger partial charge on any atom is -0.472 e. The third-order valence-corrected chi connectivity index (χ3v) is 2.65. The maximum absolute atomic E-state index is 10.0. The van der Waals surface area contributed by atoms with Crippen LogP contribution in [0, 0.1) is 11.8 Å². The van der Waals surface area contributed by atoms with Crippen LogP contribution in [0.3, 0.4) is 0 Å². The number of rotatable bonds is 0. The zero-order valence-electron chi connectivity index (χ0n) is 5.30. The van der Waals surface area contributed by atoms with Gasteiger partial charge in [-0.25, -0.2) is 4.79 Å². The predicted molar refractivity (Wildman–Crippen MR) is 46.5 cm³/mol. The number of hydrogen-bond acceptors (Lipinski definition) is 2. The van der Waals surface area contributed by atoms with E-state index in [4.69, 9.17) is 5.11 Å². The molecule has 11 heavy (non-hydrogen) atoms. The lowest BCUT2D eigenvalue weighted by Crippen LogP contribution is -1.86.